The fraction of sp³-hybridized carbons (Fsp3) is 0.391. The third kappa shape index (κ3) is 5.75. The van der Waals surface area contributed by atoms with E-state index in [2.05, 4.69) is 0 Å². The first-order valence-electron chi connectivity index (χ1n) is 10.4. The molecule has 0 saturated carbocycles. The third-order valence-electron chi connectivity index (χ3n) is 5.31. The normalized spacial score (nSPS) is 24.4. The number of hydrogen-bond donors (Lipinski definition) is 6. The highest BCUT2D eigenvalue weighted by atomic mass is 16.7. The van der Waals surface area contributed by atoms with E-state index in [0.29, 0.717) is 12.8 Å². The van der Waals surface area contributed by atoms with Crippen molar-refractivity contribution in [3.63, 3.8) is 0 Å². The van der Waals surface area contributed by atoms with Crippen molar-refractivity contribution in [1.29, 1.82) is 0 Å². The van der Waals surface area contributed by atoms with E-state index >= 15 is 0 Å². The summed E-state index contributed by atoms with van der Waals surface area (Å²) in [5, 5.41) is 58.9. The minimum Gasteiger partial charge on any atom is -0.504 e. The number of ketones is 1. The zero-order valence-corrected chi connectivity index (χ0v) is 18.2. The van der Waals surface area contributed by atoms with Gasteiger partial charge in [0.2, 0.25) is 6.29 Å². The van der Waals surface area contributed by atoms with Crippen LogP contribution in [-0.2, 0) is 20.7 Å². The molecule has 2 aromatic rings. The van der Waals surface area contributed by atoms with Gasteiger partial charge in [0.15, 0.2) is 23.4 Å². The smallest absolute Gasteiger partial charge is 0.339 e. The summed E-state index contributed by atoms with van der Waals surface area (Å²) in [6.07, 6.45) is -6.64. The number of aromatic hydroxyl groups is 3. The van der Waals surface area contributed by atoms with E-state index in [4.69, 9.17) is 14.2 Å². The predicted octanol–water partition coefficient (Wildman–Crippen LogP) is 0.368. The molecule has 0 radical (unpaired) electrons. The van der Waals surface area contributed by atoms with E-state index in [9.17, 15) is 40.2 Å². The fourth-order valence-corrected chi connectivity index (χ4v) is 3.38. The van der Waals surface area contributed by atoms with Crippen LogP contribution in [0.4, 0.5) is 0 Å². The fourth-order valence-electron chi connectivity index (χ4n) is 3.38. The molecule has 1 aliphatic rings. The average molecular weight is 478 g/mol. The van der Waals surface area contributed by atoms with Crippen molar-refractivity contribution in [3.8, 4) is 23.0 Å². The molecule has 5 atom stereocenters. The molecule has 11 nitrogen and oxygen atoms in total. The lowest BCUT2D eigenvalue weighted by Crippen LogP contribution is -2.61. The zero-order valence-electron chi connectivity index (χ0n) is 18.2. The van der Waals surface area contributed by atoms with Crippen molar-refractivity contribution < 1.29 is 54.4 Å². The molecule has 0 bridgehead atoms. The number of Topliss-reactive ketones (excluding diaryl/α,β-unsaturated/α-hetero) is 1. The summed E-state index contributed by atoms with van der Waals surface area (Å²) in [5.74, 6) is -3.18. The van der Waals surface area contributed by atoms with Crippen molar-refractivity contribution in [2.75, 3.05) is 6.61 Å². The molecule has 34 heavy (non-hydrogen) atoms. The Morgan fingerprint density at radius 2 is 1.62 bits per heavy atom. The highest BCUT2D eigenvalue weighted by Crippen LogP contribution is 2.36. The summed E-state index contributed by atoms with van der Waals surface area (Å²) in [4.78, 5) is 23.8. The van der Waals surface area contributed by atoms with Crippen molar-refractivity contribution in [1.82, 2.24) is 0 Å². The van der Waals surface area contributed by atoms with Crippen LogP contribution in [0, 0.1) is 0 Å². The summed E-state index contributed by atoms with van der Waals surface area (Å²) in [7, 11) is 0. The lowest BCUT2D eigenvalue weighted by atomic mass is 9.99. The van der Waals surface area contributed by atoms with Gasteiger partial charge < -0.3 is 49.6 Å². The van der Waals surface area contributed by atoms with Gasteiger partial charge in [-0.05, 0) is 43.2 Å². The Morgan fingerprint density at radius 3 is 2.18 bits per heavy atom. The van der Waals surface area contributed by atoms with E-state index in [-0.39, 0.29) is 17.1 Å². The molecule has 0 unspecified atom stereocenters. The van der Waals surface area contributed by atoms with Crippen LogP contribution < -0.4 is 4.74 Å². The van der Waals surface area contributed by atoms with Crippen LogP contribution in [0.3, 0.4) is 0 Å². The topological polar surface area (TPSA) is 183 Å². The quantitative estimate of drug-likeness (QED) is 0.228. The number of rotatable bonds is 8. The number of aryl methyl sites for hydroxylation is 1. The third-order valence-corrected chi connectivity index (χ3v) is 5.31. The SMILES string of the molecule is CC(=O)CCc1ccc(O[C@@H]2O[C@H](CO)[C@@H](O)[C@H](O)[C@H]2OC(=O)c2cc(O)c(O)c(O)c2)cc1. The van der Waals surface area contributed by atoms with Crippen LogP contribution in [0.1, 0.15) is 29.3 Å². The van der Waals surface area contributed by atoms with Crippen molar-refractivity contribution in [3.05, 3.63) is 47.5 Å². The Morgan fingerprint density at radius 1 is 1.00 bits per heavy atom. The number of phenols is 3. The van der Waals surface area contributed by atoms with Gasteiger partial charge >= 0.3 is 5.97 Å². The molecule has 1 aliphatic heterocycles. The monoisotopic (exact) mass is 478 g/mol. The predicted molar refractivity (Wildman–Crippen MR) is 114 cm³/mol. The number of carbonyl (C=O) groups is 2. The number of aliphatic hydroxyl groups excluding tert-OH is 3. The highest BCUT2D eigenvalue weighted by molar-refractivity contribution is 5.91. The number of benzene rings is 2. The van der Waals surface area contributed by atoms with Crippen LogP contribution in [0.2, 0.25) is 0 Å². The van der Waals surface area contributed by atoms with E-state index in [1.807, 2.05) is 0 Å². The molecule has 0 aromatic heterocycles. The summed E-state index contributed by atoms with van der Waals surface area (Å²) in [6.45, 7) is 0.847. The Hall–Kier alpha value is -3.38. The number of aliphatic hydroxyl groups is 3. The Bertz CT molecular complexity index is 997. The average Bonchev–Trinajstić information content (AvgIpc) is 2.81. The first-order valence-corrected chi connectivity index (χ1v) is 10.4. The number of esters is 1. The lowest BCUT2D eigenvalue weighted by molar-refractivity contribution is -0.276. The van der Waals surface area contributed by atoms with Crippen LogP contribution in [0.5, 0.6) is 23.0 Å². The van der Waals surface area contributed by atoms with Crippen LogP contribution >= 0.6 is 0 Å². The molecule has 1 fully saturated rings. The van der Waals surface area contributed by atoms with Crippen LogP contribution in [-0.4, -0.2) is 79.7 Å². The van der Waals surface area contributed by atoms with Gasteiger partial charge in [0.25, 0.3) is 0 Å². The van der Waals surface area contributed by atoms with Gasteiger partial charge in [-0.3, -0.25) is 0 Å². The Labute approximate surface area is 194 Å². The molecule has 184 valence electrons. The first-order chi connectivity index (χ1) is 16.1. The van der Waals surface area contributed by atoms with E-state index < -0.39 is 60.5 Å². The largest absolute Gasteiger partial charge is 0.504 e. The van der Waals surface area contributed by atoms with Gasteiger partial charge in [0, 0.05) is 6.42 Å². The minimum atomic E-state index is -1.71. The minimum absolute atomic E-state index is 0.0541. The standard InChI is InChI=1S/C23H26O11/c1-11(25)2-3-12-4-6-14(7-5-12)32-23-21(20(30)19(29)17(10-24)33-23)34-22(31)13-8-15(26)18(28)16(27)9-13/h4-9,17,19-21,23-24,26-30H,2-3,10H2,1H3/t17-,19-,20+,21-,23-/m1/s1. The molecular formula is C23H26O11. The van der Waals surface area contributed by atoms with Crippen LogP contribution in [0.15, 0.2) is 36.4 Å². The van der Waals surface area contributed by atoms with Gasteiger partial charge in [0.1, 0.15) is 29.8 Å². The molecule has 0 spiro atoms. The molecule has 6 N–H and O–H groups in total. The van der Waals surface area contributed by atoms with Gasteiger partial charge in [-0.1, -0.05) is 12.1 Å². The molecule has 0 aliphatic carbocycles. The van der Waals surface area contributed by atoms with E-state index in [1.54, 1.807) is 24.3 Å². The van der Waals surface area contributed by atoms with Gasteiger partial charge in [-0.15, -0.1) is 0 Å². The number of phenolic OH excluding ortho intramolecular Hbond substituents is 3. The molecule has 11 heteroatoms. The molecule has 0 amide bonds. The highest BCUT2D eigenvalue weighted by Gasteiger charge is 2.48. The maximum absolute atomic E-state index is 12.6. The second kappa shape index (κ2) is 10.7. The van der Waals surface area contributed by atoms with Gasteiger partial charge in [-0.2, -0.15) is 0 Å². The summed E-state index contributed by atoms with van der Waals surface area (Å²) >= 11 is 0. The second-order valence-electron chi connectivity index (χ2n) is 7.90. The number of ether oxygens (including phenoxy) is 3. The van der Waals surface area contributed by atoms with Crippen LogP contribution in [0.25, 0.3) is 0 Å². The summed E-state index contributed by atoms with van der Waals surface area (Å²) in [6, 6.07) is 8.29. The molecule has 2 aromatic carbocycles. The summed E-state index contributed by atoms with van der Waals surface area (Å²) < 4.78 is 16.5. The maximum Gasteiger partial charge on any atom is 0.339 e. The number of hydrogen-bond acceptors (Lipinski definition) is 11. The first kappa shape index (κ1) is 25.2. The summed E-state index contributed by atoms with van der Waals surface area (Å²) in [5.41, 5.74) is 0.526. The maximum atomic E-state index is 12.6. The number of carbonyl (C=O) groups excluding carboxylic acids is 2. The molecule has 3 rings (SSSR count). The van der Waals surface area contributed by atoms with Crippen molar-refractivity contribution in [2.45, 2.75) is 50.5 Å². The van der Waals surface area contributed by atoms with Crippen molar-refractivity contribution >= 4 is 11.8 Å². The molecule has 1 saturated heterocycles. The molecular weight excluding hydrogens is 452 g/mol. The van der Waals surface area contributed by atoms with Crippen molar-refractivity contribution in [2.24, 2.45) is 0 Å². The van der Waals surface area contributed by atoms with E-state index in [0.717, 1.165) is 17.7 Å². The Kier molecular flexibility index (Phi) is 7.94. The second-order valence-corrected chi connectivity index (χ2v) is 7.90. The molecule has 1 heterocycles. The van der Waals surface area contributed by atoms with Gasteiger partial charge in [-0.25, -0.2) is 4.79 Å². The van der Waals surface area contributed by atoms with Gasteiger partial charge in [0.05, 0.1) is 12.2 Å². The lowest BCUT2D eigenvalue weighted by Gasteiger charge is -2.41. The zero-order chi connectivity index (χ0) is 25.0. The van der Waals surface area contributed by atoms with E-state index in [1.165, 1.54) is 6.92 Å². The Balaban J connectivity index is 1.80.